The molecule has 0 aromatic heterocycles. The number of rotatable bonds is 13. The van der Waals surface area contributed by atoms with E-state index < -0.39 is 6.10 Å². The molecule has 4 N–H and O–H groups in total. The highest BCUT2D eigenvalue weighted by atomic mass is 19.1. The lowest BCUT2D eigenvalue weighted by Gasteiger charge is -2.17. The molecule has 0 aliphatic carbocycles. The lowest BCUT2D eigenvalue weighted by atomic mass is 10.1. The van der Waals surface area contributed by atoms with E-state index in [2.05, 4.69) is 41.6 Å². The van der Waals surface area contributed by atoms with Gasteiger partial charge in [-0.25, -0.2) is 4.39 Å². The van der Waals surface area contributed by atoms with Crippen LogP contribution in [0.5, 0.6) is 5.75 Å². The van der Waals surface area contributed by atoms with Crippen molar-refractivity contribution in [1.82, 2.24) is 20.9 Å². The molecule has 0 spiro atoms. The van der Waals surface area contributed by atoms with Crippen LogP contribution in [0.4, 0.5) is 4.39 Å². The maximum Gasteiger partial charge on any atom is 0.263 e. The smallest absolute Gasteiger partial charge is 0.263 e. The van der Waals surface area contributed by atoms with Gasteiger partial charge in [0.2, 0.25) is 18.2 Å². The highest BCUT2D eigenvalue weighted by Crippen LogP contribution is 2.14. The Bertz CT molecular complexity index is 1330. The zero-order valence-corrected chi connectivity index (χ0v) is 31.9. The van der Waals surface area contributed by atoms with Gasteiger partial charge in [0.1, 0.15) is 23.2 Å². The first-order valence-corrected chi connectivity index (χ1v) is 16.6. The van der Waals surface area contributed by atoms with E-state index in [0.717, 1.165) is 17.7 Å². The van der Waals surface area contributed by atoms with Crippen LogP contribution < -0.4 is 20.7 Å². The molecule has 2 aromatic carbocycles. The van der Waals surface area contributed by atoms with Crippen LogP contribution in [0.1, 0.15) is 78.0 Å². The first-order chi connectivity index (χ1) is 23.5. The second-order valence-electron chi connectivity index (χ2n) is 11.3. The molecule has 0 heterocycles. The predicted molar refractivity (Wildman–Crippen MR) is 198 cm³/mol. The molecule has 0 aliphatic rings. The van der Waals surface area contributed by atoms with Gasteiger partial charge in [0.25, 0.3) is 5.91 Å². The van der Waals surface area contributed by atoms with E-state index in [1.165, 1.54) is 29.4 Å². The summed E-state index contributed by atoms with van der Waals surface area (Å²) >= 11 is 0. The molecule has 12 heteroatoms. The van der Waals surface area contributed by atoms with Crippen LogP contribution in [0, 0.1) is 30.0 Å². The number of nitrogens with zero attached hydrogens (tertiary/aromatic N) is 2. The van der Waals surface area contributed by atoms with E-state index in [4.69, 9.17) is 15.1 Å². The summed E-state index contributed by atoms with van der Waals surface area (Å²) in [7, 11) is 4.86. The third-order valence-electron chi connectivity index (χ3n) is 6.40. The van der Waals surface area contributed by atoms with Crippen molar-refractivity contribution in [3.8, 4) is 11.8 Å². The number of aliphatic hydroxyl groups is 1. The summed E-state index contributed by atoms with van der Waals surface area (Å²) in [6, 6.07) is 14.6. The minimum Gasteiger partial charge on any atom is -0.497 e. The molecule has 0 radical (unpaired) electrons. The number of carbonyl (C=O) groups is 4. The van der Waals surface area contributed by atoms with Crippen LogP contribution in [0.25, 0.3) is 0 Å². The summed E-state index contributed by atoms with van der Waals surface area (Å²) < 4.78 is 18.5. The lowest BCUT2D eigenvalue weighted by Crippen LogP contribution is -2.41. The number of benzene rings is 2. The molecule has 0 saturated carbocycles. The SMILES string of the molecule is C=C(C#N)C(=O)N(C)C.CC.CC(C)C(=O)N[C@H](C)[C@@H](C)O.CCCCc1cccc(OC)c1.Cc1ccc(CNC(=O)CNC=O)c(F)c1. The first kappa shape index (κ1) is 49.6. The Hall–Kier alpha value is -4.76. The van der Waals surface area contributed by atoms with Crippen LogP contribution in [-0.4, -0.2) is 74.0 Å². The van der Waals surface area contributed by atoms with Crippen LogP contribution in [0.15, 0.2) is 54.6 Å². The van der Waals surface area contributed by atoms with Gasteiger partial charge >= 0.3 is 0 Å². The molecule has 0 bridgehead atoms. The Morgan fingerprint density at radius 1 is 1.10 bits per heavy atom. The quantitative estimate of drug-likeness (QED) is 0.126. The molecular weight excluding hydrogens is 641 g/mol. The molecule has 11 nitrogen and oxygen atoms in total. The second-order valence-corrected chi connectivity index (χ2v) is 11.3. The lowest BCUT2D eigenvalue weighted by molar-refractivity contribution is -0.125. The number of hydrogen-bond acceptors (Lipinski definition) is 7. The van der Waals surface area contributed by atoms with E-state index in [9.17, 15) is 23.6 Å². The zero-order chi connectivity index (χ0) is 39.2. The van der Waals surface area contributed by atoms with Crippen LogP contribution in [-0.2, 0) is 32.1 Å². The van der Waals surface area contributed by atoms with Crippen molar-refractivity contribution in [1.29, 1.82) is 5.26 Å². The average Bonchev–Trinajstić information content (AvgIpc) is 3.10. The van der Waals surface area contributed by atoms with Gasteiger partial charge < -0.3 is 30.7 Å². The Kier molecular flexibility index (Phi) is 30.1. The molecule has 2 rings (SSSR count). The Balaban J connectivity index is -0.000000592. The van der Waals surface area contributed by atoms with Gasteiger partial charge in [-0.15, -0.1) is 0 Å². The molecule has 4 amide bonds. The fourth-order valence-electron chi connectivity index (χ4n) is 3.22. The third-order valence-corrected chi connectivity index (χ3v) is 6.40. The van der Waals surface area contributed by atoms with Crippen LogP contribution in [0.2, 0.25) is 0 Å². The Labute approximate surface area is 299 Å². The minimum atomic E-state index is -0.488. The van der Waals surface area contributed by atoms with E-state index in [1.54, 1.807) is 60.2 Å². The zero-order valence-electron chi connectivity index (χ0n) is 31.9. The summed E-state index contributed by atoms with van der Waals surface area (Å²) in [4.78, 5) is 44.0. The van der Waals surface area contributed by atoms with Gasteiger partial charge in [-0.3, -0.25) is 19.2 Å². The number of likely N-dealkylation sites (N-methyl/N-ethyl adjacent to an activating group) is 1. The van der Waals surface area contributed by atoms with Gasteiger partial charge in [0.05, 0.1) is 25.8 Å². The molecule has 2 atom stereocenters. The minimum absolute atomic E-state index is 0.0154. The molecule has 0 unspecified atom stereocenters. The average molecular weight is 702 g/mol. The fraction of sp³-hybridized carbons (Fsp3) is 0.500. The van der Waals surface area contributed by atoms with Crippen LogP contribution >= 0.6 is 0 Å². The summed E-state index contributed by atoms with van der Waals surface area (Å²) in [5, 5.41) is 24.6. The molecule has 0 fully saturated rings. The van der Waals surface area contributed by atoms with Crippen molar-refractivity contribution >= 4 is 24.1 Å². The number of carbonyl (C=O) groups excluding carboxylic acids is 4. The highest BCUT2D eigenvalue weighted by molar-refractivity contribution is 5.96. The topological polar surface area (TPSA) is 161 Å². The summed E-state index contributed by atoms with van der Waals surface area (Å²) in [5.74, 6) is -0.105. The maximum absolute atomic E-state index is 13.3. The molecule has 2 aromatic rings. The normalized spacial score (nSPS) is 10.5. The van der Waals surface area contributed by atoms with Crippen molar-refractivity contribution in [3.05, 3.63) is 77.1 Å². The van der Waals surface area contributed by atoms with Gasteiger partial charge in [-0.05, 0) is 62.9 Å². The summed E-state index contributed by atoms with van der Waals surface area (Å²) in [6.45, 7) is 18.3. The number of nitrogens with one attached hydrogen (secondary N) is 3. The standard InChI is InChI=1S/C11H13FN2O2.C11H16O.C8H17NO2.C6H8N2O.C2H6/c1-8-2-3-9(10(12)4-8)5-14-11(16)6-13-7-15;1-3-4-6-10-7-5-8-11(9-10)12-2;1-5(2)8(11)9-6(3)7(4)10;1-5(4-7)6(9)8(2)3;1-2/h2-4,7H,5-6H2,1H3,(H,13,15)(H,14,16);5,7-9H,3-4,6H2,1-2H3;5-7,10H,1-4H3,(H,9,11);1H2,2-3H3;1-2H3/t;;6-,7-;;/m..1../s1. The molecule has 280 valence electrons. The Morgan fingerprint density at radius 3 is 2.16 bits per heavy atom. The predicted octanol–water partition coefficient (Wildman–Crippen LogP) is 5.24. The number of hydrogen-bond donors (Lipinski definition) is 4. The largest absolute Gasteiger partial charge is 0.497 e. The number of amides is 4. The van der Waals surface area contributed by atoms with Gasteiger partial charge in [0, 0.05) is 32.1 Å². The van der Waals surface area contributed by atoms with Crippen molar-refractivity contribution < 1.29 is 33.4 Å². The molecule has 0 aliphatic heterocycles. The summed E-state index contributed by atoms with van der Waals surface area (Å²) in [5.41, 5.74) is 2.59. The van der Waals surface area contributed by atoms with E-state index >= 15 is 0 Å². The fourth-order valence-corrected chi connectivity index (χ4v) is 3.22. The Morgan fingerprint density at radius 2 is 1.72 bits per heavy atom. The molecular formula is C38H60FN5O6. The number of aryl methyl sites for hydroxylation is 2. The van der Waals surface area contributed by atoms with Gasteiger partial charge in [-0.1, -0.05) is 71.9 Å². The first-order valence-electron chi connectivity index (χ1n) is 16.6. The van der Waals surface area contributed by atoms with Gasteiger partial charge in [-0.2, -0.15) is 5.26 Å². The molecule has 0 saturated heterocycles. The second kappa shape index (κ2) is 30.3. The molecule has 50 heavy (non-hydrogen) atoms. The van der Waals surface area contributed by atoms with E-state index in [1.807, 2.05) is 39.8 Å². The van der Waals surface area contributed by atoms with Crippen molar-refractivity contribution in [2.24, 2.45) is 5.92 Å². The van der Waals surface area contributed by atoms with Crippen LogP contribution in [0.3, 0.4) is 0 Å². The number of nitriles is 1. The van der Waals surface area contributed by atoms with Crippen molar-refractivity contribution in [2.75, 3.05) is 27.7 Å². The number of ether oxygens (including phenoxy) is 1. The van der Waals surface area contributed by atoms with Gasteiger partial charge in [0.15, 0.2) is 0 Å². The number of aliphatic hydroxyl groups excluding tert-OH is 1. The number of halogens is 1. The van der Waals surface area contributed by atoms with Crippen molar-refractivity contribution in [2.45, 2.75) is 93.3 Å². The summed E-state index contributed by atoms with van der Waals surface area (Å²) in [6.07, 6.45) is 3.61. The van der Waals surface area contributed by atoms with E-state index in [-0.39, 0.29) is 54.2 Å². The number of unbranched alkanes of at least 4 members (excludes halogenated alkanes) is 1. The maximum atomic E-state index is 13.3. The van der Waals surface area contributed by atoms with E-state index in [0.29, 0.717) is 12.0 Å². The number of methoxy groups -OCH3 is 1. The monoisotopic (exact) mass is 701 g/mol. The van der Waals surface area contributed by atoms with Crippen molar-refractivity contribution in [3.63, 3.8) is 0 Å². The highest BCUT2D eigenvalue weighted by Gasteiger charge is 2.13. The third kappa shape index (κ3) is 25.3.